The first-order valence-electron chi connectivity index (χ1n) is 12.7. The number of hydrogen-bond donors (Lipinski definition) is 1. The van der Waals surface area contributed by atoms with Crippen molar-refractivity contribution in [2.75, 3.05) is 31.1 Å². The number of hydrogen-bond acceptors (Lipinski definition) is 5. The Balaban J connectivity index is 1.18. The summed E-state index contributed by atoms with van der Waals surface area (Å²) in [7, 11) is 0. The summed E-state index contributed by atoms with van der Waals surface area (Å²) < 4.78 is 1.18. The van der Waals surface area contributed by atoms with Crippen molar-refractivity contribution in [1.82, 2.24) is 20.2 Å². The topological polar surface area (TPSA) is 61.4 Å². The summed E-state index contributed by atoms with van der Waals surface area (Å²) in [5.41, 5.74) is 7.15. The van der Waals surface area contributed by atoms with Gasteiger partial charge in [0.05, 0.1) is 31.5 Å². The number of nitrogens with zero attached hydrogens (tertiary/aromatic N) is 4. The molecule has 194 valence electrons. The van der Waals surface area contributed by atoms with Crippen molar-refractivity contribution in [3.63, 3.8) is 0 Å². The molecule has 2 aliphatic heterocycles. The van der Waals surface area contributed by atoms with Crippen molar-refractivity contribution < 1.29 is 4.79 Å². The van der Waals surface area contributed by atoms with Gasteiger partial charge in [-0.25, -0.2) is 9.78 Å². The molecule has 6 nitrogen and oxygen atoms in total. The number of amides is 2. The Kier molecular flexibility index (Phi) is 7.10. The van der Waals surface area contributed by atoms with E-state index >= 15 is 0 Å². The highest BCUT2D eigenvalue weighted by molar-refractivity contribution is 7.16. The Morgan fingerprint density at radius 1 is 1.08 bits per heavy atom. The van der Waals surface area contributed by atoms with Gasteiger partial charge >= 0.3 is 6.03 Å². The van der Waals surface area contributed by atoms with Gasteiger partial charge in [-0.15, -0.1) is 11.3 Å². The van der Waals surface area contributed by atoms with Crippen molar-refractivity contribution in [3.05, 3.63) is 93.2 Å². The van der Waals surface area contributed by atoms with Gasteiger partial charge < -0.3 is 5.32 Å². The smallest absolute Gasteiger partial charge is 0.322 e. The molecule has 9 heteroatoms. The lowest BCUT2D eigenvalue weighted by Crippen LogP contribution is -2.47. The average molecular weight is 565 g/mol. The fraction of sp³-hybridized carbons (Fsp3) is 0.276. The van der Waals surface area contributed by atoms with Crippen molar-refractivity contribution in [2.24, 2.45) is 0 Å². The minimum Gasteiger partial charge on any atom is -0.334 e. The Morgan fingerprint density at radius 3 is 2.68 bits per heavy atom. The number of carbonyl (C=O) groups excluding carboxylic acids is 1. The summed E-state index contributed by atoms with van der Waals surface area (Å²) in [6.07, 6.45) is 9.71. The number of carbonyl (C=O) groups is 1. The summed E-state index contributed by atoms with van der Waals surface area (Å²) >= 11 is 13.8. The number of pyridine rings is 1. The summed E-state index contributed by atoms with van der Waals surface area (Å²) in [4.78, 5) is 26.6. The molecule has 1 saturated heterocycles. The lowest BCUT2D eigenvalue weighted by atomic mass is 9.74. The molecule has 0 unspecified atom stereocenters. The number of anilines is 1. The molecule has 0 bridgehead atoms. The van der Waals surface area contributed by atoms with Crippen molar-refractivity contribution in [3.8, 4) is 0 Å². The molecule has 2 aromatic carbocycles. The van der Waals surface area contributed by atoms with E-state index in [9.17, 15) is 4.79 Å². The quantitative estimate of drug-likeness (QED) is 0.291. The number of fused-ring (bicyclic) bond motifs is 4. The maximum Gasteiger partial charge on any atom is 0.322 e. The van der Waals surface area contributed by atoms with Gasteiger partial charge in [0.25, 0.3) is 0 Å². The third-order valence-corrected chi connectivity index (χ3v) is 9.16. The van der Waals surface area contributed by atoms with Gasteiger partial charge in [0.1, 0.15) is 0 Å². The lowest BCUT2D eigenvalue weighted by molar-refractivity contribution is 0.180. The Morgan fingerprint density at radius 2 is 1.89 bits per heavy atom. The molecule has 4 heterocycles. The molecule has 2 aliphatic rings. The van der Waals surface area contributed by atoms with Crippen LogP contribution in [-0.4, -0.2) is 47.1 Å². The van der Waals surface area contributed by atoms with Crippen LogP contribution >= 0.6 is 34.5 Å². The number of aromatic nitrogens is 2. The number of piperidine rings is 1. The molecular formula is C29H27Cl2N5OS. The predicted octanol–water partition coefficient (Wildman–Crippen LogP) is 6.77. The van der Waals surface area contributed by atoms with Crippen LogP contribution < -0.4 is 10.2 Å². The molecule has 1 spiro atoms. The molecule has 0 saturated carbocycles. The molecule has 2 aromatic heterocycles. The van der Waals surface area contributed by atoms with Crippen LogP contribution in [0.1, 0.15) is 29.5 Å². The van der Waals surface area contributed by atoms with Crippen LogP contribution in [0.5, 0.6) is 0 Å². The molecule has 0 radical (unpaired) electrons. The van der Waals surface area contributed by atoms with Crippen molar-refractivity contribution in [1.29, 1.82) is 0 Å². The minimum atomic E-state index is -0.0964. The Labute approximate surface area is 235 Å². The van der Waals surface area contributed by atoms with Gasteiger partial charge in [-0.05, 0) is 73.5 Å². The van der Waals surface area contributed by atoms with Crippen molar-refractivity contribution >= 4 is 62.5 Å². The first kappa shape index (κ1) is 25.3. The lowest BCUT2D eigenvalue weighted by Gasteiger charge is -2.39. The second-order valence-corrected chi connectivity index (χ2v) is 11.6. The van der Waals surface area contributed by atoms with Crippen LogP contribution in [-0.2, 0) is 12.0 Å². The third kappa shape index (κ3) is 4.92. The highest BCUT2D eigenvalue weighted by atomic mass is 35.5. The van der Waals surface area contributed by atoms with Gasteiger partial charge in [-0.1, -0.05) is 41.4 Å². The average Bonchev–Trinajstić information content (AvgIpc) is 3.54. The van der Waals surface area contributed by atoms with Crippen LogP contribution in [0.15, 0.2) is 66.4 Å². The van der Waals surface area contributed by atoms with Crippen LogP contribution in [0.3, 0.4) is 0 Å². The van der Waals surface area contributed by atoms with E-state index in [1.807, 2.05) is 40.7 Å². The van der Waals surface area contributed by atoms with E-state index in [0.29, 0.717) is 23.1 Å². The highest BCUT2D eigenvalue weighted by Gasteiger charge is 2.47. The number of benzene rings is 2. The molecule has 38 heavy (non-hydrogen) atoms. The molecule has 0 atom stereocenters. The van der Waals surface area contributed by atoms with Crippen LogP contribution in [0.25, 0.3) is 16.3 Å². The Bertz CT molecular complexity index is 1500. The third-order valence-electron chi connectivity index (χ3n) is 7.63. The highest BCUT2D eigenvalue weighted by Crippen LogP contribution is 2.50. The van der Waals surface area contributed by atoms with E-state index in [1.54, 1.807) is 23.7 Å². The first-order valence-corrected chi connectivity index (χ1v) is 14.3. The zero-order chi connectivity index (χ0) is 26.1. The summed E-state index contributed by atoms with van der Waals surface area (Å²) in [5, 5.41) is 4.24. The van der Waals surface area contributed by atoms with E-state index in [4.69, 9.17) is 28.2 Å². The monoisotopic (exact) mass is 563 g/mol. The van der Waals surface area contributed by atoms with Crippen molar-refractivity contribution in [2.45, 2.75) is 24.8 Å². The second-order valence-electron chi connectivity index (χ2n) is 9.92. The largest absolute Gasteiger partial charge is 0.334 e. The molecule has 1 fully saturated rings. The Hall–Kier alpha value is -2.97. The SMILES string of the molecule is O=C(NCc1ccncc1)N1CC2(CCN(CC=Cc3ccc(Cl)c(Cl)c3)CC2)c2c1ccc1scnc21. The fourth-order valence-electron chi connectivity index (χ4n) is 5.62. The van der Waals surface area contributed by atoms with Gasteiger partial charge in [0.2, 0.25) is 0 Å². The summed E-state index contributed by atoms with van der Waals surface area (Å²) in [5.74, 6) is 0. The van der Waals surface area contributed by atoms with E-state index < -0.39 is 0 Å². The molecule has 4 aromatic rings. The first-order chi connectivity index (χ1) is 18.5. The van der Waals surface area contributed by atoms with E-state index in [2.05, 4.69) is 39.5 Å². The maximum absolute atomic E-state index is 13.4. The number of likely N-dealkylation sites (tertiary alicyclic amines) is 1. The molecule has 6 rings (SSSR count). The zero-order valence-electron chi connectivity index (χ0n) is 20.7. The number of nitrogens with one attached hydrogen (secondary N) is 1. The molecule has 2 amide bonds. The number of halogens is 2. The predicted molar refractivity (Wildman–Crippen MR) is 156 cm³/mol. The van der Waals surface area contributed by atoms with Crippen LogP contribution in [0.4, 0.5) is 10.5 Å². The summed E-state index contributed by atoms with van der Waals surface area (Å²) in [6, 6.07) is 13.6. The maximum atomic E-state index is 13.4. The zero-order valence-corrected chi connectivity index (χ0v) is 23.1. The van der Waals surface area contributed by atoms with E-state index in [1.165, 1.54) is 10.3 Å². The van der Waals surface area contributed by atoms with Crippen LogP contribution in [0, 0.1) is 0 Å². The minimum absolute atomic E-state index is 0.0681. The second kappa shape index (κ2) is 10.7. The van der Waals surface area contributed by atoms with Gasteiger partial charge in [0, 0.05) is 43.0 Å². The number of rotatable bonds is 5. The molecular weight excluding hydrogens is 537 g/mol. The van der Waals surface area contributed by atoms with E-state index in [0.717, 1.165) is 54.8 Å². The van der Waals surface area contributed by atoms with Crippen LogP contribution in [0.2, 0.25) is 10.0 Å². The number of urea groups is 1. The molecule has 0 aliphatic carbocycles. The van der Waals surface area contributed by atoms with E-state index in [-0.39, 0.29) is 11.4 Å². The molecule has 1 N–H and O–H groups in total. The van der Waals surface area contributed by atoms with Gasteiger partial charge in [-0.2, -0.15) is 0 Å². The van der Waals surface area contributed by atoms with Gasteiger partial charge in [0.15, 0.2) is 0 Å². The fourth-order valence-corrected chi connectivity index (χ4v) is 6.61. The summed E-state index contributed by atoms with van der Waals surface area (Å²) in [6.45, 7) is 3.92. The standard InChI is InChI=1S/C29H27Cl2N5OS/c30-22-4-3-20(16-23(22)31)2-1-13-35-14-9-29(10-15-35)18-36(28(37)33-17-21-7-11-32-12-8-21)24-5-6-25-27(26(24)29)34-19-38-25/h1-8,11-12,16,19H,9-10,13-15,17-18H2,(H,33,37). The number of thiazole rings is 1. The normalized spacial score (nSPS) is 16.9. The van der Waals surface area contributed by atoms with Gasteiger partial charge in [-0.3, -0.25) is 14.8 Å².